The summed E-state index contributed by atoms with van der Waals surface area (Å²) in [6.45, 7) is 0. The zero-order valence-corrected chi connectivity index (χ0v) is 10.7. The second kappa shape index (κ2) is 4.79. The second-order valence-corrected chi connectivity index (χ2v) is 5.47. The fourth-order valence-electron chi connectivity index (χ4n) is 3.20. The maximum atomic E-state index is 12.1. The molecule has 0 aromatic heterocycles. The molecule has 102 valence electrons. The van der Waals surface area contributed by atoms with Gasteiger partial charge in [-0.3, -0.25) is 9.59 Å². The summed E-state index contributed by atoms with van der Waals surface area (Å²) in [5, 5.41) is 0.659. The molecule has 3 rings (SSSR count). The molecule has 1 saturated carbocycles. The van der Waals surface area contributed by atoms with Gasteiger partial charge in [0.25, 0.3) is 11.8 Å². The Balaban J connectivity index is 1.60. The molecule has 0 radical (unpaired) electrons. The first-order valence-corrected chi connectivity index (χ1v) is 6.91. The first-order valence-electron chi connectivity index (χ1n) is 6.91. The topological polar surface area (TPSA) is 63.7 Å². The van der Waals surface area contributed by atoms with Gasteiger partial charge < -0.3 is 4.84 Å². The Morgan fingerprint density at radius 1 is 1.05 bits per heavy atom. The Morgan fingerprint density at radius 2 is 1.58 bits per heavy atom. The van der Waals surface area contributed by atoms with Crippen molar-refractivity contribution < 1.29 is 19.2 Å². The summed E-state index contributed by atoms with van der Waals surface area (Å²) in [6, 6.07) is 0. The van der Waals surface area contributed by atoms with Gasteiger partial charge in [0.05, 0.1) is 5.92 Å². The van der Waals surface area contributed by atoms with Crippen LogP contribution in [0.15, 0.2) is 12.2 Å². The number of amides is 2. The second-order valence-electron chi connectivity index (χ2n) is 5.47. The number of allylic oxidation sites excluding steroid dienone is 2. The molecule has 2 aliphatic carbocycles. The minimum absolute atomic E-state index is 0.124. The molecule has 5 nitrogen and oxygen atoms in total. The van der Waals surface area contributed by atoms with E-state index in [1.54, 1.807) is 0 Å². The van der Waals surface area contributed by atoms with Crippen molar-refractivity contribution >= 4 is 17.8 Å². The number of imide groups is 1. The molecule has 1 aliphatic heterocycles. The minimum Gasteiger partial charge on any atom is -0.330 e. The third-order valence-electron chi connectivity index (χ3n) is 4.29. The Kier molecular flexibility index (Phi) is 3.12. The molecule has 2 fully saturated rings. The van der Waals surface area contributed by atoms with Crippen LogP contribution in [0.3, 0.4) is 0 Å². The van der Waals surface area contributed by atoms with Crippen LogP contribution in [-0.2, 0) is 19.2 Å². The summed E-state index contributed by atoms with van der Waals surface area (Å²) in [5.74, 6) is -0.603. The average Bonchev–Trinajstić information content (AvgIpc) is 2.94. The smallest absolute Gasteiger partial charge is 0.330 e. The van der Waals surface area contributed by atoms with Crippen LogP contribution in [0, 0.1) is 17.8 Å². The van der Waals surface area contributed by atoms with Crippen molar-refractivity contribution in [2.75, 3.05) is 0 Å². The SMILES string of the molecule is O=C(ON1C(=O)CCC1=O)C1[C@H]2CC/C=C/CC[C@@H]12. The van der Waals surface area contributed by atoms with Crippen molar-refractivity contribution in [3.8, 4) is 0 Å². The third-order valence-corrected chi connectivity index (χ3v) is 4.29. The van der Waals surface area contributed by atoms with Gasteiger partial charge in [0.2, 0.25) is 0 Å². The highest BCUT2D eigenvalue weighted by atomic mass is 16.7. The molecule has 2 amide bonds. The van der Waals surface area contributed by atoms with Crippen LogP contribution in [0.25, 0.3) is 0 Å². The van der Waals surface area contributed by atoms with Crippen LogP contribution in [0.4, 0.5) is 0 Å². The summed E-state index contributed by atoms with van der Waals surface area (Å²) in [4.78, 5) is 39.9. The lowest BCUT2D eigenvalue weighted by Crippen LogP contribution is -2.33. The van der Waals surface area contributed by atoms with Gasteiger partial charge in [0.1, 0.15) is 0 Å². The van der Waals surface area contributed by atoms with Crippen LogP contribution in [0.5, 0.6) is 0 Å². The van der Waals surface area contributed by atoms with Gasteiger partial charge in [-0.05, 0) is 37.5 Å². The van der Waals surface area contributed by atoms with Gasteiger partial charge >= 0.3 is 5.97 Å². The van der Waals surface area contributed by atoms with Crippen molar-refractivity contribution in [3.63, 3.8) is 0 Å². The van der Waals surface area contributed by atoms with E-state index >= 15 is 0 Å². The van der Waals surface area contributed by atoms with Gasteiger partial charge in [0.15, 0.2) is 0 Å². The standard InChI is InChI=1S/C14H17NO4/c16-11-7-8-12(17)15(11)19-14(18)13-9-5-3-1-2-4-6-10(9)13/h1-2,9-10,13H,3-8H2/b2-1+/t9-,10+,13?. The van der Waals surface area contributed by atoms with Crippen LogP contribution in [0.1, 0.15) is 38.5 Å². The monoisotopic (exact) mass is 263 g/mol. The molecule has 1 heterocycles. The summed E-state index contributed by atoms with van der Waals surface area (Å²) < 4.78 is 0. The van der Waals surface area contributed by atoms with E-state index in [1.165, 1.54) is 0 Å². The van der Waals surface area contributed by atoms with Crippen LogP contribution in [0.2, 0.25) is 0 Å². The fourth-order valence-corrected chi connectivity index (χ4v) is 3.20. The summed E-state index contributed by atoms with van der Waals surface area (Å²) in [5.41, 5.74) is 0. The van der Waals surface area contributed by atoms with Crippen molar-refractivity contribution in [2.45, 2.75) is 38.5 Å². The summed E-state index contributed by atoms with van der Waals surface area (Å²) in [7, 11) is 0. The van der Waals surface area contributed by atoms with Gasteiger partial charge in [0, 0.05) is 12.8 Å². The Labute approximate surface area is 111 Å². The predicted molar refractivity (Wildman–Crippen MR) is 65.3 cm³/mol. The van der Waals surface area contributed by atoms with Crippen molar-refractivity contribution in [1.29, 1.82) is 0 Å². The highest BCUT2D eigenvalue weighted by Crippen LogP contribution is 2.53. The molecule has 3 aliphatic rings. The van der Waals surface area contributed by atoms with Crippen LogP contribution in [-0.4, -0.2) is 22.8 Å². The number of carbonyl (C=O) groups excluding carboxylic acids is 3. The molecule has 19 heavy (non-hydrogen) atoms. The molecule has 1 unspecified atom stereocenters. The summed E-state index contributed by atoms with van der Waals surface area (Å²) >= 11 is 0. The maximum Gasteiger partial charge on any atom is 0.336 e. The zero-order chi connectivity index (χ0) is 13.4. The van der Waals surface area contributed by atoms with Crippen LogP contribution >= 0.6 is 0 Å². The fraction of sp³-hybridized carbons (Fsp3) is 0.643. The van der Waals surface area contributed by atoms with Gasteiger partial charge in [-0.1, -0.05) is 12.2 Å². The largest absolute Gasteiger partial charge is 0.336 e. The highest BCUT2D eigenvalue weighted by Gasteiger charge is 2.55. The maximum absolute atomic E-state index is 12.1. The molecule has 0 aromatic rings. The van der Waals surface area contributed by atoms with E-state index < -0.39 is 17.8 Å². The molecule has 5 heteroatoms. The van der Waals surface area contributed by atoms with Gasteiger partial charge in [-0.25, -0.2) is 4.79 Å². The highest BCUT2D eigenvalue weighted by molar-refractivity contribution is 6.01. The number of hydroxylamine groups is 2. The lowest BCUT2D eigenvalue weighted by atomic mass is 10.1. The predicted octanol–water partition coefficient (Wildman–Crippen LogP) is 1.59. The van der Waals surface area contributed by atoms with Crippen molar-refractivity contribution in [1.82, 2.24) is 5.06 Å². The first-order chi connectivity index (χ1) is 9.18. The number of carbonyl (C=O) groups is 3. The molecule has 0 spiro atoms. The third kappa shape index (κ3) is 2.29. The van der Waals surface area contributed by atoms with Crippen LogP contribution < -0.4 is 0 Å². The normalized spacial score (nSPS) is 35.4. The van der Waals surface area contributed by atoms with Gasteiger partial charge in [-0.2, -0.15) is 0 Å². The number of hydrogen-bond donors (Lipinski definition) is 0. The minimum atomic E-state index is -0.405. The van der Waals surface area contributed by atoms with Crippen molar-refractivity contribution in [3.05, 3.63) is 12.2 Å². The van der Waals surface area contributed by atoms with E-state index in [-0.39, 0.29) is 18.8 Å². The van der Waals surface area contributed by atoms with Crippen molar-refractivity contribution in [2.24, 2.45) is 17.8 Å². The Bertz CT molecular complexity index is 424. The van der Waals surface area contributed by atoms with Gasteiger partial charge in [-0.15, -0.1) is 5.06 Å². The summed E-state index contributed by atoms with van der Waals surface area (Å²) in [6.07, 6.45) is 8.57. The average molecular weight is 263 g/mol. The number of rotatable bonds is 2. The Hall–Kier alpha value is -1.65. The first kappa shape index (κ1) is 12.4. The van der Waals surface area contributed by atoms with E-state index in [1.807, 2.05) is 0 Å². The molecule has 0 N–H and O–H groups in total. The lowest BCUT2D eigenvalue weighted by Gasteiger charge is -2.12. The quantitative estimate of drug-likeness (QED) is 0.560. The van der Waals surface area contributed by atoms with E-state index in [0.29, 0.717) is 16.9 Å². The Morgan fingerprint density at radius 3 is 2.11 bits per heavy atom. The number of hydrogen-bond acceptors (Lipinski definition) is 4. The molecule has 0 bridgehead atoms. The van der Waals surface area contributed by atoms with E-state index in [2.05, 4.69) is 12.2 Å². The van der Waals surface area contributed by atoms with E-state index in [0.717, 1.165) is 25.7 Å². The molecule has 0 aromatic carbocycles. The zero-order valence-electron chi connectivity index (χ0n) is 10.7. The number of nitrogens with zero attached hydrogens (tertiary/aromatic N) is 1. The molecular formula is C14H17NO4. The van der Waals surface area contributed by atoms with E-state index in [9.17, 15) is 14.4 Å². The number of fused-ring (bicyclic) bond motifs is 1. The molecule has 3 atom stereocenters. The lowest BCUT2D eigenvalue weighted by molar-refractivity contribution is -0.199. The molecular weight excluding hydrogens is 246 g/mol. The van der Waals surface area contributed by atoms with E-state index in [4.69, 9.17) is 4.84 Å². The molecule has 1 saturated heterocycles.